The summed E-state index contributed by atoms with van der Waals surface area (Å²) in [7, 11) is 3.22. The molecule has 1 N–H and O–H groups in total. The lowest BCUT2D eigenvalue weighted by molar-refractivity contribution is -0.113. The number of aromatic nitrogens is 3. The molecule has 2 aromatic carbocycles. The monoisotopic (exact) mass is 426 g/mol. The maximum atomic E-state index is 12.5. The van der Waals surface area contributed by atoms with Gasteiger partial charge in [0.05, 0.1) is 25.7 Å². The molecule has 0 aliphatic rings. The van der Waals surface area contributed by atoms with Gasteiger partial charge in [-0.2, -0.15) is 0 Å². The molecule has 0 bridgehead atoms. The Morgan fingerprint density at radius 3 is 2.53 bits per heavy atom. The van der Waals surface area contributed by atoms with Crippen LogP contribution in [0.3, 0.4) is 0 Å². The minimum atomic E-state index is -0.125. The number of rotatable bonds is 10. The van der Waals surface area contributed by atoms with E-state index in [-0.39, 0.29) is 11.7 Å². The second-order valence-electron chi connectivity index (χ2n) is 6.58. The summed E-state index contributed by atoms with van der Waals surface area (Å²) in [5, 5.41) is 12.3. The number of amides is 1. The Balaban J connectivity index is 1.73. The molecule has 1 amide bonds. The van der Waals surface area contributed by atoms with Crippen LogP contribution in [0.1, 0.15) is 19.8 Å². The quantitative estimate of drug-likeness (QED) is 0.481. The van der Waals surface area contributed by atoms with Crippen LogP contribution in [0.25, 0.3) is 11.4 Å². The summed E-state index contributed by atoms with van der Waals surface area (Å²) in [6.07, 6.45) is 2.06. The number of para-hydroxylation sites is 2. The largest absolute Gasteiger partial charge is 0.497 e. The highest BCUT2D eigenvalue weighted by atomic mass is 32.2. The summed E-state index contributed by atoms with van der Waals surface area (Å²) in [4.78, 5) is 12.5. The van der Waals surface area contributed by atoms with Gasteiger partial charge in [-0.1, -0.05) is 37.2 Å². The first kappa shape index (κ1) is 21.7. The Hall–Kier alpha value is -3.00. The summed E-state index contributed by atoms with van der Waals surface area (Å²) < 4.78 is 12.6. The topological polar surface area (TPSA) is 78.3 Å². The van der Waals surface area contributed by atoms with E-state index in [0.717, 1.165) is 41.7 Å². The van der Waals surface area contributed by atoms with Crippen molar-refractivity contribution < 1.29 is 14.3 Å². The fraction of sp³-hybridized carbons (Fsp3) is 0.318. The van der Waals surface area contributed by atoms with Gasteiger partial charge in [0.15, 0.2) is 11.0 Å². The third-order valence-corrected chi connectivity index (χ3v) is 5.48. The van der Waals surface area contributed by atoms with Gasteiger partial charge in [-0.15, -0.1) is 10.2 Å². The van der Waals surface area contributed by atoms with Gasteiger partial charge < -0.3 is 19.4 Å². The SMILES string of the molecule is CCCCn1c(SCC(=O)Nc2ccccc2OC)nnc1-c1ccc(OC)cc1. The van der Waals surface area contributed by atoms with Crippen molar-refractivity contribution in [3.05, 3.63) is 48.5 Å². The number of ether oxygens (including phenoxy) is 2. The van der Waals surface area contributed by atoms with Crippen LogP contribution in [-0.2, 0) is 11.3 Å². The number of carbonyl (C=O) groups is 1. The lowest BCUT2D eigenvalue weighted by Crippen LogP contribution is -2.15. The number of hydrogen-bond acceptors (Lipinski definition) is 6. The van der Waals surface area contributed by atoms with Gasteiger partial charge in [-0.25, -0.2) is 0 Å². The molecule has 8 heteroatoms. The normalized spacial score (nSPS) is 10.6. The van der Waals surface area contributed by atoms with Crippen LogP contribution < -0.4 is 14.8 Å². The number of benzene rings is 2. The first-order valence-corrected chi connectivity index (χ1v) is 10.8. The second kappa shape index (κ2) is 10.7. The van der Waals surface area contributed by atoms with Gasteiger partial charge >= 0.3 is 0 Å². The smallest absolute Gasteiger partial charge is 0.234 e. The Morgan fingerprint density at radius 1 is 1.07 bits per heavy atom. The molecule has 0 aliphatic heterocycles. The molecule has 1 heterocycles. The van der Waals surface area contributed by atoms with Crippen LogP contribution >= 0.6 is 11.8 Å². The number of methoxy groups -OCH3 is 2. The lowest BCUT2D eigenvalue weighted by atomic mass is 10.2. The van der Waals surface area contributed by atoms with E-state index in [0.29, 0.717) is 11.4 Å². The van der Waals surface area contributed by atoms with E-state index in [9.17, 15) is 4.79 Å². The van der Waals surface area contributed by atoms with Crippen LogP contribution in [0.2, 0.25) is 0 Å². The second-order valence-corrected chi connectivity index (χ2v) is 7.52. The van der Waals surface area contributed by atoms with Crippen molar-refractivity contribution in [3.8, 4) is 22.9 Å². The molecule has 0 saturated carbocycles. The lowest BCUT2D eigenvalue weighted by Gasteiger charge is -2.11. The molecule has 30 heavy (non-hydrogen) atoms. The highest BCUT2D eigenvalue weighted by Gasteiger charge is 2.16. The van der Waals surface area contributed by atoms with Crippen molar-refractivity contribution in [2.75, 3.05) is 25.3 Å². The number of carbonyl (C=O) groups excluding carboxylic acids is 1. The number of nitrogens with zero attached hydrogens (tertiary/aromatic N) is 3. The van der Waals surface area contributed by atoms with Gasteiger partial charge in [0.1, 0.15) is 11.5 Å². The minimum Gasteiger partial charge on any atom is -0.497 e. The van der Waals surface area contributed by atoms with E-state index in [1.807, 2.05) is 48.5 Å². The number of unbranched alkanes of at least 4 members (excludes halogenated alkanes) is 1. The van der Waals surface area contributed by atoms with E-state index >= 15 is 0 Å². The summed E-state index contributed by atoms with van der Waals surface area (Å²) in [6.45, 7) is 2.94. The van der Waals surface area contributed by atoms with Crippen molar-refractivity contribution in [1.29, 1.82) is 0 Å². The highest BCUT2D eigenvalue weighted by molar-refractivity contribution is 7.99. The molecule has 0 saturated heterocycles. The van der Waals surface area contributed by atoms with Crippen molar-refractivity contribution in [3.63, 3.8) is 0 Å². The Bertz CT molecular complexity index is 973. The first-order valence-electron chi connectivity index (χ1n) is 9.79. The predicted octanol–water partition coefficient (Wildman–Crippen LogP) is 4.49. The molecule has 158 valence electrons. The van der Waals surface area contributed by atoms with Crippen molar-refractivity contribution in [1.82, 2.24) is 14.8 Å². The van der Waals surface area contributed by atoms with Gasteiger partial charge in [-0.05, 0) is 42.8 Å². The summed E-state index contributed by atoms with van der Waals surface area (Å²) in [5.74, 6) is 2.31. The van der Waals surface area contributed by atoms with Crippen LogP contribution in [0.5, 0.6) is 11.5 Å². The summed E-state index contributed by atoms with van der Waals surface area (Å²) in [5.41, 5.74) is 1.61. The van der Waals surface area contributed by atoms with Crippen LogP contribution in [0, 0.1) is 0 Å². The zero-order valence-corrected chi connectivity index (χ0v) is 18.2. The molecule has 0 aliphatic carbocycles. The summed E-state index contributed by atoms with van der Waals surface area (Å²) in [6, 6.07) is 15.1. The van der Waals surface area contributed by atoms with Gasteiger partial charge in [0, 0.05) is 12.1 Å². The number of anilines is 1. The number of thioether (sulfide) groups is 1. The van der Waals surface area contributed by atoms with Crippen molar-refractivity contribution in [2.45, 2.75) is 31.5 Å². The third-order valence-electron chi connectivity index (χ3n) is 4.51. The van der Waals surface area contributed by atoms with E-state index in [2.05, 4.69) is 27.0 Å². The molecule has 0 spiro atoms. The van der Waals surface area contributed by atoms with Crippen LogP contribution in [0.4, 0.5) is 5.69 Å². The molecule has 7 nitrogen and oxygen atoms in total. The van der Waals surface area contributed by atoms with Crippen molar-refractivity contribution >= 4 is 23.4 Å². The zero-order chi connectivity index (χ0) is 21.3. The Labute approximate surface area is 180 Å². The molecular formula is C22H26N4O3S. The van der Waals surface area contributed by atoms with E-state index in [4.69, 9.17) is 9.47 Å². The minimum absolute atomic E-state index is 0.125. The van der Waals surface area contributed by atoms with Gasteiger partial charge in [-0.3, -0.25) is 4.79 Å². The Morgan fingerprint density at radius 2 is 1.83 bits per heavy atom. The maximum Gasteiger partial charge on any atom is 0.234 e. The fourth-order valence-corrected chi connectivity index (χ4v) is 3.70. The predicted molar refractivity (Wildman–Crippen MR) is 119 cm³/mol. The third kappa shape index (κ3) is 5.33. The van der Waals surface area contributed by atoms with Gasteiger partial charge in [0.25, 0.3) is 0 Å². The average Bonchev–Trinajstić information content (AvgIpc) is 3.19. The molecule has 3 aromatic rings. The van der Waals surface area contributed by atoms with Crippen LogP contribution in [-0.4, -0.2) is 40.6 Å². The Kier molecular flexibility index (Phi) is 7.73. The van der Waals surface area contributed by atoms with Crippen LogP contribution in [0.15, 0.2) is 53.7 Å². The molecule has 0 atom stereocenters. The molecule has 0 fully saturated rings. The van der Waals surface area contributed by atoms with E-state index in [1.54, 1.807) is 14.2 Å². The number of hydrogen-bond donors (Lipinski definition) is 1. The number of nitrogens with one attached hydrogen (secondary N) is 1. The standard InChI is InChI=1S/C22H26N4O3S/c1-4-5-14-26-21(16-10-12-17(28-2)13-11-16)24-25-22(26)30-15-20(27)23-18-8-6-7-9-19(18)29-3/h6-13H,4-5,14-15H2,1-3H3,(H,23,27). The van der Waals surface area contributed by atoms with E-state index in [1.165, 1.54) is 11.8 Å². The summed E-state index contributed by atoms with van der Waals surface area (Å²) >= 11 is 1.37. The maximum absolute atomic E-state index is 12.5. The van der Waals surface area contributed by atoms with E-state index < -0.39 is 0 Å². The molecule has 1 aromatic heterocycles. The molecular weight excluding hydrogens is 400 g/mol. The molecule has 0 radical (unpaired) electrons. The van der Waals surface area contributed by atoms with Gasteiger partial charge in [0.2, 0.25) is 5.91 Å². The zero-order valence-electron chi connectivity index (χ0n) is 17.4. The first-order chi connectivity index (χ1) is 14.7. The molecule has 0 unspecified atom stereocenters. The van der Waals surface area contributed by atoms with Crippen molar-refractivity contribution in [2.24, 2.45) is 0 Å². The fourth-order valence-electron chi connectivity index (χ4n) is 2.93. The molecule has 3 rings (SSSR count). The average molecular weight is 427 g/mol. The highest BCUT2D eigenvalue weighted by Crippen LogP contribution is 2.27.